The second-order valence-corrected chi connectivity index (χ2v) is 4.33. The molecule has 0 aliphatic heterocycles. The van der Waals surface area contributed by atoms with Gasteiger partial charge in [-0.3, -0.25) is 0 Å². The Bertz CT molecular complexity index is 250. The van der Waals surface area contributed by atoms with Crippen molar-refractivity contribution in [2.45, 2.75) is 20.3 Å². The van der Waals surface area contributed by atoms with E-state index in [4.69, 9.17) is 12.2 Å². The van der Waals surface area contributed by atoms with Crippen LogP contribution in [0.1, 0.15) is 18.7 Å². The van der Waals surface area contributed by atoms with Gasteiger partial charge in [0.05, 0.1) is 4.99 Å². The average Bonchev–Trinajstić information content (AvgIpc) is 2.59. The first-order valence-electron chi connectivity index (χ1n) is 4.58. The number of likely N-dealkylation sites (N-methyl/N-ethyl adjacent to an activating group) is 1. The molecule has 1 aromatic heterocycles. The Morgan fingerprint density at radius 2 is 2.15 bits per heavy atom. The van der Waals surface area contributed by atoms with Gasteiger partial charge in [0.25, 0.3) is 0 Å². The number of hydrogen-bond acceptors (Lipinski definition) is 2. The van der Waals surface area contributed by atoms with E-state index in [9.17, 15) is 0 Å². The molecule has 0 saturated carbocycles. The van der Waals surface area contributed by atoms with Crippen molar-refractivity contribution in [3.8, 4) is 0 Å². The number of rotatable bonds is 4. The van der Waals surface area contributed by atoms with Gasteiger partial charge in [-0.2, -0.15) is 0 Å². The topological polar surface area (TPSA) is 3.24 Å². The number of hydrogen-bond donors (Lipinski definition) is 0. The molecule has 72 valence electrons. The molecule has 0 fully saturated rings. The highest BCUT2D eigenvalue weighted by Gasteiger charge is 2.05. The van der Waals surface area contributed by atoms with Gasteiger partial charge in [-0.25, -0.2) is 0 Å². The van der Waals surface area contributed by atoms with E-state index in [0.717, 1.165) is 24.5 Å². The molecule has 0 N–H and O–H groups in total. The van der Waals surface area contributed by atoms with Crippen molar-refractivity contribution in [2.24, 2.45) is 0 Å². The van der Waals surface area contributed by atoms with E-state index in [-0.39, 0.29) is 0 Å². The Morgan fingerprint density at radius 3 is 2.62 bits per heavy atom. The molecule has 1 rings (SSSR count). The van der Waals surface area contributed by atoms with Gasteiger partial charge in [-0.15, -0.1) is 11.3 Å². The molecule has 0 unspecified atom stereocenters. The van der Waals surface area contributed by atoms with Crippen LogP contribution in [0, 0.1) is 0 Å². The van der Waals surface area contributed by atoms with Crippen LogP contribution in [-0.4, -0.2) is 23.0 Å². The number of nitrogens with zero attached hydrogens (tertiary/aromatic N) is 1. The molecule has 0 aliphatic rings. The van der Waals surface area contributed by atoms with Crippen molar-refractivity contribution >= 4 is 28.5 Å². The summed E-state index contributed by atoms with van der Waals surface area (Å²) in [7, 11) is 0. The predicted octanol–water partition coefficient (Wildman–Crippen LogP) is 2.96. The van der Waals surface area contributed by atoms with Crippen LogP contribution in [0.2, 0.25) is 0 Å². The summed E-state index contributed by atoms with van der Waals surface area (Å²) in [5.74, 6) is 0. The Hall–Kier alpha value is -0.410. The molecule has 0 bridgehead atoms. The van der Waals surface area contributed by atoms with E-state index in [1.54, 1.807) is 11.3 Å². The summed E-state index contributed by atoms with van der Waals surface area (Å²) in [6.07, 6.45) is 0.925. The van der Waals surface area contributed by atoms with Crippen LogP contribution in [0.25, 0.3) is 0 Å². The molecule has 1 aromatic rings. The maximum Gasteiger partial charge on any atom is 0.0831 e. The van der Waals surface area contributed by atoms with Crippen LogP contribution in [-0.2, 0) is 6.42 Å². The highest BCUT2D eigenvalue weighted by molar-refractivity contribution is 7.80. The van der Waals surface area contributed by atoms with Crippen molar-refractivity contribution in [3.05, 3.63) is 22.4 Å². The molecule has 0 atom stereocenters. The Morgan fingerprint density at radius 1 is 1.46 bits per heavy atom. The van der Waals surface area contributed by atoms with Crippen molar-refractivity contribution in [1.29, 1.82) is 0 Å². The largest absolute Gasteiger partial charge is 0.366 e. The molecule has 3 heteroatoms. The van der Waals surface area contributed by atoms with E-state index < -0.39 is 0 Å². The van der Waals surface area contributed by atoms with Gasteiger partial charge in [-0.05, 0) is 25.3 Å². The number of thiophene rings is 1. The van der Waals surface area contributed by atoms with Gasteiger partial charge in [0.2, 0.25) is 0 Å². The van der Waals surface area contributed by atoms with Crippen LogP contribution in [0.3, 0.4) is 0 Å². The normalized spacial score (nSPS) is 10.0. The first-order chi connectivity index (χ1) is 6.27. The molecular weight excluding hydrogens is 198 g/mol. The lowest BCUT2D eigenvalue weighted by molar-refractivity contribution is 0.467. The molecule has 13 heavy (non-hydrogen) atoms. The molecule has 1 nitrogen and oxygen atoms in total. The van der Waals surface area contributed by atoms with Gasteiger partial charge >= 0.3 is 0 Å². The van der Waals surface area contributed by atoms with E-state index >= 15 is 0 Å². The minimum atomic E-state index is 0.925. The average molecular weight is 213 g/mol. The summed E-state index contributed by atoms with van der Waals surface area (Å²) >= 11 is 7.13. The summed E-state index contributed by atoms with van der Waals surface area (Å²) in [5.41, 5.74) is 0. The SMILES string of the molecule is CCN(CC)C(=S)Cc1cccs1. The predicted molar refractivity (Wildman–Crippen MR) is 63.5 cm³/mol. The third kappa shape index (κ3) is 3.08. The van der Waals surface area contributed by atoms with Crippen LogP contribution < -0.4 is 0 Å². The van der Waals surface area contributed by atoms with Crippen molar-refractivity contribution in [1.82, 2.24) is 4.90 Å². The van der Waals surface area contributed by atoms with E-state index in [0.29, 0.717) is 0 Å². The van der Waals surface area contributed by atoms with Crippen molar-refractivity contribution in [3.63, 3.8) is 0 Å². The number of thiocarbonyl (C=S) groups is 1. The summed E-state index contributed by atoms with van der Waals surface area (Å²) < 4.78 is 0. The molecule has 0 saturated heterocycles. The standard InChI is InChI=1S/C10H15NS2/c1-3-11(4-2)10(12)8-9-6-5-7-13-9/h5-7H,3-4,8H2,1-2H3. The van der Waals surface area contributed by atoms with Gasteiger partial charge in [0.15, 0.2) is 0 Å². The molecule has 0 aliphatic carbocycles. The maximum absolute atomic E-state index is 5.35. The summed E-state index contributed by atoms with van der Waals surface area (Å²) in [5, 5.41) is 2.10. The smallest absolute Gasteiger partial charge is 0.0831 e. The van der Waals surface area contributed by atoms with Crippen LogP contribution >= 0.6 is 23.6 Å². The fourth-order valence-electron chi connectivity index (χ4n) is 1.25. The molecule has 0 spiro atoms. The molecule has 0 aromatic carbocycles. The summed E-state index contributed by atoms with van der Waals surface area (Å²) in [4.78, 5) is 4.65. The van der Waals surface area contributed by atoms with Gasteiger partial charge < -0.3 is 4.90 Å². The Balaban J connectivity index is 2.49. The maximum atomic E-state index is 5.35. The van der Waals surface area contributed by atoms with E-state index in [2.05, 4.69) is 36.3 Å². The first kappa shape index (κ1) is 10.7. The van der Waals surface area contributed by atoms with Crippen LogP contribution in [0.4, 0.5) is 0 Å². The fraction of sp³-hybridized carbons (Fsp3) is 0.500. The Labute approximate surface area is 89.4 Å². The van der Waals surface area contributed by atoms with Crippen LogP contribution in [0.15, 0.2) is 17.5 Å². The highest BCUT2D eigenvalue weighted by atomic mass is 32.1. The van der Waals surface area contributed by atoms with Crippen LogP contribution in [0.5, 0.6) is 0 Å². The lowest BCUT2D eigenvalue weighted by Crippen LogP contribution is -2.30. The zero-order valence-corrected chi connectivity index (χ0v) is 9.75. The third-order valence-corrected chi connectivity index (χ3v) is 3.30. The lowest BCUT2D eigenvalue weighted by Gasteiger charge is -2.21. The van der Waals surface area contributed by atoms with Gasteiger partial charge in [-0.1, -0.05) is 18.3 Å². The fourth-order valence-corrected chi connectivity index (χ4v) is 2.46. The van der Waals surface area contributed by atoms with Gasteiger partial charge in [0, 0.05) is 24.4 Å². The molecule has 0 amide bonds. The second kappa shape index (κ2) is 5.35. The lowest BCUT2D eigenvalue weighted by atomic mass is 10.3. The van der Waals surface area contributed by atoms with Crippen molar-refractivity contribution < 1.29 is 0 Å². The molecular formula is C10H15NS2. The third-order valence-electron chi connectivity index (χ3n) is 2.02. The summed E-state index contributed by atoms with van der Waals surface area (Å²) in [6, 6.07) is 4.21. The zero-order chi connectivity index (χ0) is 9.68. The zero-order valence-electron chi connectivity index (χ0n) is 8.12. The Kier molecular flexibility index (Phi) is 4.39. The van der Waals surface area contributed by atoms with E-state index in [1.165, 1.54) is 4.88 Å². The summed E-state index contributed by atoms with van der Waals surface area (Å²) in [6.45, 7) is 6.32. The quantitative estimate of drug-likeness (QED) is 0.707. The minimum Gasteiger partial charge on any atom is -0.366 e. The minimum absolute atomic E-state index is 0.925. The molecule has 1 heterocycles. The first-order valence-corrected chi connectivity index (χ1v) is 5.86. The molecule has 0 radical (unpaired) electrons. The highest BCUT2D eigenvalue weighted by Crippen LogP contribution is 2.11. The van der Waals surface area contributed by atoms with E-state index in [1.807, 2.05) is 0 Å². The second-order valence-electron chi connectivity index (χ2n) is 2.82. The van der Waals surface area contributed by atoms with Crippen molar-refractivity contribution in [2.75, 3.05) is 13.1 Å². The monoisotopic (exact) mass is 213 g/mol. The van der Waals surface area contributed by atoms with Gasteiger partial charge in [0.1, 0.15) is 0 Å².